The molecule has 0 aliphatic rings. The fraction of sp³-hybridized carbons (Fsp3) is 0.417. The van der Waals surface area contributed by atoms with Crippen LogP contribution in [0.3, 0.4) is 0 Å². The van der Waals surface area contributed by atoms with Gasteiger partial charge in [0.1, 0.15) is 18.3 Å². The number of methoxy groups -OCH3 is 1. The molecule has 0 bridgehead atoms. The van der Waals surface area contributed by atoms with E-state index >= 15 is 0 Å². The van der Waals surface area contributed by atoms with Crippen LogP contribution < -0.4 is 14.4 Å². The van der Waals surface area contributed by atoms with Crippen LogP contribution in [0.5, 0.6) is 5.75 Å². The molecule has 1 unspecified atom stereocenters. The van der Waals surface area contributed by atoms with Gasteiger partial charge in [0.2, 0.25) is 21.8 Å². The highest BCUT2D eigenvalue weighted by Crippen LogP contribution is 2.30. The van der Waals surface area contributed by atoms with Gasteiger partial charge in [0.15, 0.2) is 0 Å². The second kappa shape index (κ2) is 12.9. The number of sulfonamides is 1. The average molecular weight is 579 g/mol. The molecule has 0 aliphatic heterocycles. The van der Waals surface area contributed by atoms with E-state index in [4.69, 9.17) is 39.5 Å². The molecule has 1 atom stereocenters. The quantitative estimate of drug-likeness (QED) is 0.415. The lowest BCUT2D eigenvalue weighted by Crippen LogP contribution is -2.53. The summed E-state index contributed by atoms with van der Waals surface area (Å²) in [6.07, 6.45) is 1.28. The standard InChI is InChI=1S/C24H30Cl3N3O5S/c1-6-21(24(32)28-15(2)3)29(13-16-7-8-17(25)11-19(16)26)23(31)14-30(36(5,33)34)18-9-10-22(35-4)20(27)12-18/h7-12,15,21H,6,13-14H2,1-5H3,(H,28,32). The summed E-state index contributed by atoms with van der Waals surface area (Å²) in [5, 5.41) is 3.75. The van der Waals surface area contributed by atoms with Crippen molar-refractivity contribution >= 4 is 62.3 Å². The number of ether oxygens (including phenoxy) is 1. The molecule has 0 saturated carbocycles. The Morgan fingerprint density at radius 2 is 1.72 bits per heavy atom. The molecule has 2 amide bonds. The van der Waals surface area contributed by atoms with Crippen molar-refractivity contribution in [3.05, 3.63) is 57.0 Å². The van der Waals surface area contributed by atoms with E-state index in [9.17, 15) is 18.0 Å². The smallest absolute Gasteiger partial charge is 0.244 e. The van der Waals surface area contributed by atoms with E-state index in [0.29, 0.717) is 27.8 Å². The first-order chi connectivity index (χ1) is 16.8. The molecule has 0 aromatic heterocycles. The van der Waals surface area contributed by atoms with Crippen LogP contribution in [-0.4, -0.2) is 57.1 Å². The van der Waals surface area contributed by atoms with Gasteiger partial charge in [-0.2, -0.15) is 0 Å². The van der Waals surface area contributed by atoms with Crippen LogP contribution in [-0.2, 0) is 26.2 Å². The van der Waals surface area contributed by atoms with Crippen LogP contribution in [0, 0.1) is 0 Å². The Morgan fingerprint density at radius 1 is 1.06 bits per heavy atom. The Bertz CT molecular complexity index is 1210. The minimum atomic E-state index is -3.90. The molecule has 0 aliphatic carbocycles. The number of benzene rings is 2. The van der Waals surface area contributed by atoms with Gasteiger partial charge < -0.3 is 15.0 Å². The second-order valence-corrected chi connectivity index (χ2v) is 11.6. The van der Waals surface area contributed by atoms with Crippen LogP contribution in [0.2, 0.25) is 15.1 Å². The zero-order valence-electron chi connectivity index (χ0n) is 20.7. The van der Waals surface area contributed by atoms with Gasteiger partial charge in [-0.25, -0.2) is 8.42 Å². The van der Waals surface area contributed by atoms with Crippen LogP contribution in [0.4, 0.5) is 5.69 Å². The van der Waals surface area contributed by atoms with Crippen LogP contribution in [0.1, 0.15) is 32.8 Å². The van der Waals surface area contributed by atoms with Crippen molar-refractivity contribution in [2.75, 3.05) is 24.2 Å². The number of carbonyl (C=O) groups excluding carboxylic acids is 2. The first-order valence-electron chi connectivity index (χ1n) is 11.1. The van der Waals surface area contributed by atoms with Crippen LogP contribution in [0.15, 0.2) is 36.4 Å². The molecule has 0 saturated heterocycles. The highest BCUT2D eigenvalue weighted by Gasteiger charge is 2.32. The third-order valence-electron chi connectivity index (χ3n) is 5.28. The number of hydrogen-bond donors (Lipinski definition) is 1. The number of anilines is 1. The van der Waals surface area contributed by atoms with Gasteiger partial charge in [0, 0.05) is 22.6 Å². The van der Waals surface area contributed by atoms with Gasteiger partial charge in [-0.05, 0) is 56.2 Å². The Morgan fingerprint density at radius 3 is 2.22 bits per heavy atom. The molecule has 2 aromatic carbocycles. The summed E-state index contributed by atoms with van der Waals surface area (Å²) in [4.78, 5) is 28.0. The van der Waals surface area contributed by atoms with E-state index in [2.05, 4.69) is 5.32 Å². The molecular formula is C24H30Cl3N3O5S. The summed E-state index contributed by atoms with van der Waals surface area (Å²) in [6, 6.07) is 8.21. The number of halogens is 3. The van der Waals surface area contributed by atoms with Crippen molar-refractivity contribution in [2.24, 2.45) is 0 Å². The third kappa shape index (κ3) is 7.90. The van der Waals surface area contributed by atoms with Crippen LogP contribution >= 0.6 is 34.8 Å². The Labute approximate surface area is 227 Å². The van der Waals surface area contributed by atoms with E-state index in [0.717, 1.165) is 10.6 Å². The molecule has 0 spiro atoms. The molecule has 1 N–H and O–H groups in total. The topological polar surface area (TPSA) is 96.0 Å². The van der Waals surface area contributed by atoms with Crippen molar-refractivity contribution in [1.29, 1.82) is 0 Å². The zero-order chi connectivity index (χ0) is 27.2. The average Bonchev–Trinajstić information content (AvgIpc) is 2.77. The maximum Gasteiger partial charge on any atom is 0.244 e. The van der Waals surface area contributed by atoms with Gasteiger partial charge in [0.25, 0.3) is 0 Å². The zero-order valence-corrected chi connectivity index (χ0v) is 23.8. The van der Waals surface area contributed by atoms with Crippen molar-refractivity contribution in [3.63, 3.8) is 0 Å². The summed E-state index contributed by atoms with van der Waals surface area (Å²) in [7, 11) is -2.46. The summed E-state index contributed by atoms with van der Waals surface area (Å²) < 4.78 is 31.4. The summed E-state index contributed by atoms with van der Waals surface area (Å²) in [5.74, 6) is -0.593. The Kier molecular flexibility index (Phi) is 10.7. The monoisotopic (exact) mass is 577 g/mol. The van der Waals surface area contributed by atoms with Gasteiger partial charge in [-0.1, -0.05) is 47.8 Å². The maximum absolute atomic E-state index is 13.7. The Balaban J connectivity index is 2.50. The molecule has 36 heavy (non-hydrogen) atoms. The number of nitrogens with one attached hydrogen (secondary N) is 1. The van der Waals surface area contributed by atoms with E-state index < -0.39 is 28.5 Å². The molecule has 12 heteroatoms. The summed E-state index contributed by atoms with van der Waals surface area (Å²) >= 11 is 18.6. The number of amides is 2. The van der Waals surface area contributed by atoms with Gasteiger partial charge >= 0.3 is 0 Å². The van der Waals surface area contributed by atoms with Crippen molar-refractivity contribution in [1.82, 2.24) is 10.2 Å². The number of carbonyl (C=O) groups is 2. The first-order valence-corrected chi connectivity index (χ1v) is 14.1. The molecule has 2 rings (SSSR count). The molecule has 8 nitrogen and oxygen atoms in total. The fourth-order valence-corrected chi connectivity index (χ4v) is 5.12. The lowest BCUT2D eigenvalue weighted by atomic mass is 10.1. The van der Waals surface area contributed by atoms with E-state index in [1.54, 1.807) is 25.1 Å². The highest BCUT2D eigenvalue weighted by molar-refractivity contribution is 7.92. The Hall–Kier alpha value is -2.20. The SMILES string of the molecule is CCC(C(=O)NC(C)C)N(Cc1ccc(Cl)cc1Cl)C(=O)CN(c1ccc(OC)c(Cl)c1)S(C)(=O)=O. The highest BCUT2D eigenvalue weighted by atomic mass is 35.5. The van der Waals surface area contributed by atoms with E-state index in [1.807, 2.05) is 13.8 Å². The predicted octanol–water partition coefficient (Wildman–Crippen LogP) is 4.75. The van der Waals surface area contributed by atoms with Crippen LogP contribution in [0.25, 0.3) is 0 Å². The lowest BCUT2D eigenvalue weighted by molar-refractivity contribution is -0.140. The maximum atomic E-state index is 13.7. The summed E-state index contributed by atoms with van der Waals surface area (Å²) in [5.41, 5.74) is 0.740. The predicted molar refractivity (Wildman–Crippen MR) is 145 cm³/mol. The third-order valence-corrected chi connectivity index (χ3v) is 7.30. The number of rotatable bonds is 11. The number of hydrogen-bond acceptors (Lipinski definition) is 5. The van der Waals surface area contributed by atoms with Crippen molar-refractivity contribution < 1.29 is 22.7 Å². The van der Waals surface area contributed by atoms with E-state index in [-0.39, 0.29) is 29.2 Å². The fourth-order valence-electron chi connectivity index (χ4n) is 3.56. The summed E-state index contributed by atoms with van der Waals surface area (Å²) in [6.45, 7) is 4.81. The minimum Gasteiger partial charge on any atom is -0.495 e. The molecule has 0 fully saturated rings. The molecule has 0 heterocycles. The molecular weight excluding hydrogens is 549 g/mol. The molecule has 198 valence electrons. The van der Waals surface area contributed by atoms with Gasteiger partial charge in [-0.15, -0.1) is 0 Å². The van der Waals surface area contributed by atoms with Crippen molar-refractivity contribution in [2.45, 2.75) is 45.8 Å². The van der Waals surface area contributed by atoms with Gasteiger partial charge in [-0.3, -0.25) is 13.9 Å². The number of nitrogens with zero attached hydrogens (tertiary/aromatic N) is 2. The molecule has 0 radical (unpaired) electrons. The minimum absolute atomic E-state index is 0.0279. The van der Waals surface area contributed by atoms with Crippen molar-refractivity contribution in [3.8, 4) is 5.75 Å². The lowest BCUT2D eigenvalue weighted by Gasteiger charge is -2.33. The first kappa shape index (κ1) is 30.0. The normalized spacial score (nSPS) is 12.2. The largest absolute Gasteiger partial charge is 0.495 e. The second-order valence-electron chi connectivity index (χ2n) is 8.43. The molecule has 2 aromatic rings. The van der Waals surface area contributed by atoms with Gasteiger partial charge in [0.05, 0.1) is 24.1 Å². The van der Waals surface area contributed by atoms with E-state index in [1.165, 1.54) is 30.2 Å².